The van der Waals surface area contributed by atoms with Crippen LogP contribution in [0.25, 0.3) is 0 Å². The molecular formula is C9H21N3. The summed E-state index contributed by atoms with van der Waals surface area (Å²) in [5.74, 6) is 0. The molecule has 1 atom stereocenters. The highest BCUT2D eigenvalue weighted by Gasteiger charge is 2.17. The van der Waals surface area contributed by atoms with Crippen LogP contribution in [0.4, 0.5) is 0 Å². The van der Waals surface area contributed by atoms with Crippen molar-refractivity contribution in [1.29, 1.82) is 0 Å². The van der Waals surface area contributed by atoms with E-state index in [1.807, 2.05) is 7.05 Å². The van der Waals surface area contributed by atoms with E-state index < -0.39 is 0 Å². The Morgan fingerprint density at radius 2 is 2.17 bits per heavy atom. The number of nitrogens with zero attached hydrogens (tertiary/aromatic N) is 2. The molecule has 72 valence electrons. The summed E-state index contributed by atoms with van der Waals surface area (Å²) in [6, 6.07) is 0.695. The molecular weight excluding hydrogens is 150 g/mol. The van der Waals surface area contributed by atoms with Gasteiger partial charge in [0.15, 0.2) is 0 Å². The average molecular weight is 171 g/mol. The Morgan fingerprint density at radius 3 is 2.83 bits per heavy atom. The van der Waals surface area contributed by atoms with Gasteiger partial charge in [0.2, 0.25) is 0 Å². The van der Waals surface area contributed by atoms with E-state index in [1.165, 1.54) is 26.1 Å². The summed E-state index contributed by atoms with van der Waals surface area (Å²) in [5.41, 5.74) is 0. The molecule has 1 fully saturated rings. The Morgan fingerprint density at radius 1 is 1.42 bits per heavy atom. The second-order valence-corrected chi connectivity index (χ2v) is 3.77. The van der Waals surface area contributed by atoms with E-state index in [4.69, 9.17) is 0 Å². The van der Waals surface area contributed by atoms with Crippen LogP contribution in [0.15, 0.2) is 0 Å². The first-order chi connectivity index (χ1) is 5.74. The molecule has 0 amide bonds. The Kier molecular flexibility index (Phi) is 3.98. The van der Waals surface area contributed by atoms with Gasteiger partial charge in [-0.2, -0.15) is 0 Å². The standard InChI is InChI=1S/C9H21N3/c1-9-7-12(8-10-2)6-4-5-11(9)3/h9-10H,4-8H2,1-3H3. The third-order valence-corrected chi connectivity index (χ3v) is 2.64. The third-order valence-electron chi connectivity index (χ3n) is 2.64. The Labute approximate surface area is 75.7 Å². The van der Waals surface area contributed by atoms with Crippen LogP contribution >= 0.6 is 0 Å². The van der Waals surface area contributed by atoms with Gasteiger partial charge in [-0.25, -0.2) is 0 Å². The molecule has 0 aromatic heterocycles. The van der Waals surface area contributed by atoms with Gasteiger partial charge in [0.25, 0.3) is 0 Å². The van der Waals surface area contributed by atoms with Gasteiger partial charge in [-0.3, -0.25) is 4.90 Å². The predicted octanol–water partition coefficient (Wildman–Crippen LogP) is 0.189. The molecule has 1 heterocycles. The van der Waals surface area contributed by atoms with E-state index in [0.29, 0.717) is 6.04 Å². The minimum atomic E-state index is 0.695. The van der Waals surface area contributed by atoms with Gasteiger partial charge in [-0.15, -0.1) is 0 Å². The predicted molar refractivity (Wildman–Crippen MR) is 52.2 cm³/mol. The van der Waals surface area contributed by atoms with Crippen molar-refractivity contribution in [2.45, 2.75) is 19.4 Å². The van der Waals surface area contributed by atoms with Crippen LogP contribution < -0.4 is 5.32 Å². The highest BCUT2D eigenvalue weighted by Crippen LogP contribution is 2.05. The second kappa shape index (κ2) is 4.80. The van der Waals surface area contributed by atoms with Gasteiger partial charge in [-0.05, 0) is 34.0 Å². The smallest absolute Gasteiger partial charge is 0.0478 e. The summed E-state index contributed by atoms with van der Waals surface area (Å²) >= 11 is 0. The van der Waals surface area contributed by atoms with Crippen LogP contribution in [0.1, 0.15) is 13.3 Å². The minimum absolute atomic E-state index is 0.695. The first-order valence-corrected chi connectivity index (χ1v) is 4.81. The van der Waals surface area contributed by atoms with Crippen LogP contribution in [0.3, 0.4) is 0 Å². The van der Waals surface area contributed by atoms with Gasteiger partial charge < -0.3 is 10.2 Å². The van der Waals surface area contributed by atoms with Gasteiger partial charge in [0, 0.05) is 25.8 Å². The van der Waals surface area contributed by atoms with Crippen LogP contribution in [-0.2, 0) is 0 Å². The first-order valence-electron chi connectivity index (χ1n) is 4.81. The fourth-order valence-electron chi connectivity index (χ4n) is 1.74. The van der Waals surface area contributed by atoms with Gasteiger partial charge in [0.05, 0.1) is 0 Å². The summed E-state index contributed by atoms with van der Waals surface area (Å²) in [7, 11) is 4.23. The molecule has 1 aliphatic heterocycles. The lowest BCUT2D eigenvalue weighted by Crippen LogP contribution is -2.39. The summed E-state index contributed by atoms with van der Waals surface area (Å²) in [6.07, 6.45) is 1.29. The fourth-order valence-corrected chi connectivity index (χ4v) is 1.74. The quantitative estimate of drug-likeness (QED) is 0.640. The molecule has 1 aliphatic rings. The zero-order valence-corrected chi connectivity index (χ0v) is 8.51. The number of hydrogen-bond donors (Lipinski definition) is 1. The topological polar surface area (TPSA) is 18.5 Å². The molecule has 1 N–H and O–H groups in total. The maximum atomic E-state index is 3.21. The number of likely N-dealkylation sites (N-methyl/N-ethyl adjacent to an activating group) is 1. The maximum absolute atomic E-state index is 3.21. The van der Waals surface area contributed by atoms with E-state index in [2.05, 4.69) is 29.1 Å². The van der Waals surface area contributed by atoms with Crippen LogP contribution in [0.2, 0.25) is 0 Å². The van der Waals surface area contributed by atoms with Crippen molar-refractivity contribution in [3.8, 4) is 0 Å². The highest BCUT2D eigenvalue weighted by atomic mass is 15.3. The molecule has 0 aromatic carbocycles. The molecule has 12 heavy (non-hydrogen) atoms. The first kappa shape index (κ1) is 9.96. The van der Waals surface area contributed by atoms with Crippen molar-refractivity contribution in [2.75, 3.05) is 40.4 Å². The molecule has 1 saturated heterocycles. The van der Waals surface area contributed by atoms with E-state index in [1.54, 1.807) is 0 Å². The van der Waals surface area contributed by atoms with Crippen molar-refractivity contribution in [3.05, 3.63) is 0 Å². The largest absolute Gasteiger partial charge is 0.307 e. The fraction of sp³-hybridized carbons (Fsp3) is 1.00. The van der Waals surface area contributed by atoms with Crippen LogP contribution in [-0.4, -0.2) is 56.2 Å². The SMILES string of the molecule is CNCN1CCCN(C)C(C)C1. The van der Waals surface area contributed by atoms with E-state index in [0.717, 1.165) is 6.67 Å². The average Bonchev–Trinajstić information content (AvgIpc) is 2.16. The molecule has 1 unspecified atom stereocenters. The van der Waals surface area contributed by atoms with Crippen molar-refractivity contribution >= 4 is 0 Å². The monoisotopic (exact) mass is 171 g/mol. The third kappa shape index (κ3) is 2.73. The zero-order chi connectivity index (χ0) is 8.97. The van der Waals surface area contributed by atoms with E-state index >= 15 is 0 Å². The molecule has 0 radical (unpaired) electrons. The zero-order valence-electron chi connectivity index (χ0n) is 8.51. The molecule has 0 aliphatic carbocycles. The summed E-state index contributed by atoms with van der Waals surface area (Å²) in [4.78, 5) is 4.92. The number of nitrogens with one attached hydrogen (secondary N) is 1. The molecule has 1 rings (SSSR count). The maximum Gasteiger partial charge on any atom is 0.0478 e. The normalized spacial score (nSPS) is 28.8. The molecule has 0 bridgehead atoms. The molecule has 0 aromatic rings. The van der Waals surface area contributed by atoms with E-state index in [-0.39, 0.29) is 0 Å². The summed E-state index contributed by atoms with van der Waals surface area (Å²) < 4.78 is 0. The lowest BCUT2D eigenvalue weighted by Gasteiger charge is -2.25. The van der Waals surface area contributed by atoms with Gasteiger partial charge in [0.1, 0.15) is 0 Å². The second-order valence-electron chi connectivity index (χ2n) is 3.77. The van der Waals surface area contributed by atoms with Crippen molar-refractivity contribution < 1.29 is 0 Å². The lowest BCUT2D eigenvalue weighted by atomic mass is 10.3. The minimum Gasteiger partial charge on any atom is -0.307 e. The van der Waals surface area contributed by atoms with Gasteiger partial charge >= 0.3 is 0 Å². The summed E-state index contributed by atoms with van der Waals surface area (Å²) in [6.45, 7) is 6.99. The van der Waals surface area contributed by atoms with Crippen LogP contribution in [0, 0.1) is 0 Å². The number of rotatable bonds is 2. The molecule has 3 nitrogen and oxygen atoms in total. The lowest BCUT2D eigenvalue weighted by molar-refractivity contribution is 0.214. The molecule has 3 heteroatoms. The Bertz CT molecular complexity index is 127. The van der Waals surface area contributed by atoms with Gasteiger partial charge in [-0.1, -0.05) is 0 Å². The highest BCUT2D eigenvalue weighted by molar-refractivity contribution is 4.73. The van der Waals surface area contributed by atoms with Crippen molar-refractivity contribution in [3.63, 3.8) is 0 Å². The Balaban J connectivity index is 2.37. The van der Waals surface area contributed by atoms with Crippen LogP contribution in [0.5, 0.6) is 0 Å². The summed E-state index contributed by atoms with van der Waals surface area (Å²) in [5, 5.41) is 3.21. The number of hydrogen-bond acceptors (Lipinski definition) is 3. The van der Waals surface area contributed by atoms with Crippen molar-refractivity contribution in [1.82, 2.24) is 15.1 Å². The molecule has 0 spiro atoms. The van der Waals surface area contributed by atoms with E-state index in [9.17, 15) is 0 Å². The van der Waals surface area contributed by atoms with Crippen molar-refractivity contribution in [2.24, 2.45) is 0 Å². The Hall–Kier alpha value is -0.120. The molecule has 0 saturated carbocycles.